The smallest absolute Gasteiger partial charge is 0.237 e. The monoisotopic (exact) mass is 472 g/mol. The van der Waals surface area contributed by atoms with Gasteiger partial charge in [0.05, 0.1) is 10.3 Å². The minimum Gasteiger partial charge on any atom is -0.481 e. The number of aromatic nitrogens is 3. The van der Waals surface area contributed by atoms with Gasteiger partial charge in [0.25, 0.3) is 0 Å². The Morgan fingerprint density at radius 1 is 1.19 bits per heavy atom. The van der Waals surface area contributed by atoms with Gasteiger partial charge in [0, 0.05) is 18.3 Å². The molecule has 32 heavy (non-hydrogen) atoms. The normalized spacial score (nSPS) is 12.8. The number of ether oxygens (including phenoxy) is 1. The third-order valence-electron chi connectivity index (χ3n) is 4.82. The van der Waals surface area contributed by atoms with Gasteiger partial charge < -0.3 is 14.6 Å². The Morgan fingerprint density at radius 3 is 2.62 bits per heavy atom. The molecule has 0 radical (unpaired) electrons. The Bertz CT molecular complexity index is 1120. The molecule has 0 saturated heterocycles. The number of ketones is 1. The van der Waals surface area contributed by atoms with Crippen molar-refractivity contribution in [2.24, 2.45) is 7.05 Å². The number of halogens is 1. The Kier molecular flexibility index (Phi) is 7.93. The summed E-state index contributed by atoms with van der Waals surface area (Å²) in [6.07, 6.45) is 0.210. The number of hydrogen-bond donors (Lipinski definition) is 1. The lowest BCUT2D eigenvalue weighted by molar-refractivity contribution is -0.115. The summed E-state index contributed by atoms with van der Waals surface area (Å²) in [5, 5.41) is 12.1. The zero-order valence-electron chi connectivity index (χ0n) is 18.3. The Labute approximate surface area is 196 Å². The molecule has 1 amide bonds. The van der Waals surface area contributed by atoms with Crippen LogP contribution in [-0.2, 0) is 11.8 Å². The van der Waals surface area contributed by atoms with Crippen LogP contribution in [0.25, 0.3) is 0 Å². The van der Waals surface area contributed by atoms with E-state index in [1.807, 2.05) is 37.6 Å². The number of nitrogens with zero attached hydrogens (tertiary/aromatic N) is 3. The molecule has 1 heterocycles. The summed E-state index contributed by atoms with van der Waals surface area (Å²) in [7, 11) is 1.84. The first-order chi connectivity index (χ1) is 15.3. The van der Waals surface area contributed by atoms with E-state index in [0.717, 1.165) is 0 Å². The predicted molar refractivity (Wildman–Crippen MR) is 127 cm³/mol. The molecular formula is C23H25ClN4O3S. The molecule has 0 bridgehead atoms. The van der Waals surface area contributed by atoms with Gasteiger partial charge in [0.1, 0.15) is 5.75 Å². The lowest BCUT2D eigenvalue weighted by atomic mass is 10.1. The topological polar surface area (TPSA) is 86.1 Å². The molecule has 168 valence electrons. The van der Waals surface area contributed by atoms with E-state index >= 15 is 0 Å². The van der Waals surface area contributed by atoms with E-state index in [1.54, 1.807) is 36.4 Å². The number of amides is 1. The highest BCUT2D eigenvalue weighted by Crippen LogP contribution is 2.30. The Morgan fingerprint density at radius 2 is 1.94 bits per heavy atom. The van der Waals surface area contributed by atoms with Gasteiger partial charge in [0.2, 0.25) is 5.91 Å². The van der Waals surface area contributed by atoms with Crippen LogP contribution in [0, 0.1) is 0 Å². The molecular weight excluding hydrogens is 448 g/mol. The maximum atomic E-state index is 12.8. The fourth-order valence-corrected chi connectivity index (χ4v) is 4.16. The van der Waals surface area contributed by atoms with Crippen LogP contribution in [-0.4, -0.2) is 31.7 Å². The molecule has 3 rings (SSSR count). The minimum atomic E-state index is -0.384. The molecule has 9 heteroatoms. The highest BCUT2D eigenvalue weighted by molar-refractivity contribution is 8.00. The fourth-order valence-electron chi connectivity index (χ4n) is 3.05. The second-order valence-corrected chi connectivity index (χ2v) is 8.81. The van der Waals surface area contributed by atoms with E-state index in [2.05, 4.69) is 15.5 Å². The zero-order valence-corrected chi connectivity index (χ0v) is 19.9. The summed E-state index contributed by atoms with van der Waals surface area (Å²) in [5.74, 6) is 0.972. The Hall–Kier alpha value is -2.84. The fraction of sp³-hybridized carbons (Fsp3) is 0.304. The van der Waals surface area contributed by atoms with Crippen LogP contribution in [0.3, 0.4) is 0 Å². The predicted octanol–water partition coefficient (Wildman–Crippen LogP) is 5.32. The van der Waals surface area contributed by atoms with Crippen LogP contribution in [0.4, 0.5) is 5.69 Å². The standard InChI is InChI=1S/C23H25ClN4O3S/c1-5-20(22(30)25-17-10-8-9-16(13-17)14(2)29)32-23-27-26-21(28(23)4)15(3)31-19-12-7-6-11-18(19)24/h6-13,15,20H,5H2,1-4H3,(H,25,30). The van der Waals surface area contributed by atoms with E-state index in [9.17, 15) is 9.59 Å². The van der Waals surface area contributed by atoms with Crippen LogP contribution in [0.15, 0.2) is 53.7 Å². The van der Waals surface area contributed by atoms with E-state index in [0.29, 0.717) is 39.4 Å². The average Bonchev–Trinajstić information content (AvgIpc) is 3.13. The molecule has 2 aromatic carbocycles. The zero-order chi connectivity index (χ0) is 23.3. The third kappa shape index (κ3) is 5.69. The van der Waals surface area contributed by atoms with Crippen molar-refractivity contribution in [3.05, 3.63) is 64.9 Å². The number of para-hydroxylation sites is 1. The molecule has 1 N–H and O–H groups in total. The van der Waals surface area contributed by atoms with E-state index in [4.69, 9.17) is 16.3 Å². The molecule has 0 aliphatic carbocycles. The molecule has 1 aromatic heterocycles. The first kappa shape index (κ1) is 23.8. The third-order valence-corrected chi connectivity index (χ3v) is 6.53. The number of benzene rings is 2. The number of carbonyl (C=O) groups excluding carboxylic acids is 2. The lowest BCUT2D eigenvalue weighted by Crippen LogP contribution is -2.25. The van der Waals surface area contributed by atoms with Crippen molar-refractivity contribution >= 4 is 40.7 Å². The summed E-state index contributed by atoms with van der Waals surface area (Å²) >= 11 is 7.51. The maximum absolute atomic E-state index is 12.8. The number of thioether (sulfide) groups is 1. The van der Waals surface area contributed by atoms with E-state index < -0.39 is 0 Å². The summed E-state index contributed by atoms with van der Waals surface area (Å²) in [4.78, 5) is 24.4. The van der Waals surface area contributed by atoms with Gasteiger partial charge in [-0.05, 0) is 44.5 Å². The average molecular weight is 473 g/mol. The van der Waals surface area contributed by atoms with Gasteiger partial charge in [-0.1, -0.05) is 54.6 Å². The molecule has 2 atom stereocenters. The van der Waals surface area contributed by atoms with Crippen molar-refractivity contribution in [2.75, 3.05) is 5.32 Å². The van der Waals surface area contributed by atoms with Crippen molar-refractivity contribution < 1.29 is 14.3 Å². The lowest BCUT2D eigenvalue weighted by Gasteiger charge is -2.16. The van der Waals surface area contributed by atoms with Gasteiger partial charge in [-0.25, -0.2) is 0 Å². The van der Waals surface area contributed by atoms with Crippen LogP contribution >= 0.6 is 23.4 Å². The van der Waals surface area contributed by atoms with Gasteiger partial charge in [-0.2, -0.15) is 0 Å². The summed E-state index contributed by atoms with van der Waals surface area (Å²) < 4.78 is 7.76. The number of hydrogen-bond acceptors (Lipinski definition) is 6. The number of carbonyl (C=O) groups is 2. The van der Waals surface area contributed by atoms with Gasteiger partial charge >= 0.3 is 0 Å². The van der Waals surface area contributed by atoms with Crippen LogP contribution in [0.1, 0.15) is 49.5 Å². The van der Waals surface area contributed by atoms with Gasteiger partial charge in [0.15, 0.2) is 22.9 Å². The van der Waals surface area contributed by atoms with Crippen molar-refractivity contribution in [3.8, 4) is 5.75 Å². The second kappa shape index (κ2) is 10.7. The van der Waals surface area contributed by atoms with Crippen LogP contribution in [0.5, 0.6) is 5.75 Å². The van der Waals surface area contributed by atoms with Crippen molar-refractivity contribution in [2.45, 2.75) is 43.7 Å². The first-order valence-electron chi connectivity index (χ1n) is 10.2. The molecule has 2 unspecified atom stereocenters. The first-order valence-corrected chi connectivity index (χ1v) is 11.4. The number of rotatable bonds is 9. The van der Waals surface area contributed by atoms with Crippen molar-refractivity contribution in [1.29, 1.82) is 0 Å². The summed E-state index contributed by atoms with van der Waals surface area (Å²) in [5.41, 5.74) is 1.14. The van der Waals surface area contributed by atoms with Crippen LogP contribution < -0.4 is 10.1 Å². The molecule has 0 aliphatic heterocycles. The molecule has 0 aliphatic rings. The highest BCUT2D eigenvalue weighted by atomic mass is 35.5. The van der Waals surface area contributed by atoms with Crippen LogP contribution in [0.2, 0.25) is 5.02 Å². The largest absolute Gasteiger partial charge is 0.481 e. The molecule has 7 nitrogen and oxygen atoms in total. The van der Waals surface area contributed by atoms with Crippen molar-refractivity contribution in [3.63, 3.8) is 0 Å². The number of nitrogens with one attached hydrogen (secondary N) is 1. The van der Waals surface area contributed by atoms with E-state index in [-0.39, 0.29) is 23.0 Å². The summed E-state index contributed by atoms with van der Waals surface area (Å²) in [6, 6.07) is 14.1. The maximum Gasteiger partial charge on any atom is 0.237 e. The van der Waals surface area contributed by atoms with Gasteiger partial charge in [-0.3, -0.25) is 9.59 Å². The number of anilines is 1. The van der Waals surface area contributed by atoms with Crippen molar-refractivity contribution in [1.82, 2.24) is 14.8 Å². The van der Waals surface area contributed by atoms with Gasteiger partial charge in [-0.15, -0.1) is 10.2 Å². The molecule has 0 saturated carbocycles. The highest BCUT2D eigenvalue weighted by Gasteiger charge is 2.24. The summed E-state index contributed by atoms with van der Waals surface area (Å²) in [6.45, 7) is 5.30. The molecule has 0 spiro atoms. The quantitative estimate of drug-likeness (QED) is 0.335. The Balaban J connectivity index is 1.69. The minimum absolute atomic E-state index is 0.0535. The molecule has 0 fully saturated rings. The molecule has 3 aromatic rings. The number of Topliss-reactive ketones (excluding diaryl/α,β-unsaturated/α-hetero) is 1. The second-order valence-electron chi connectivity index (χ2n) is 7.23. The van der Waals surface area contributed by atoms with E-state index in [1.165, 1.54) is 18.7 Å². The SMILES string of the molecule is CCC(Sc1nnc(C(C)Oc2ccccc2Cl)n1C)C(=O)Nc1cccc(C(C)=O)c1.